The van der Waals surface area contributed by atoms with E-state index in [9.17, 15) is 9.59 Å². The number of hydrogen-bond acceptors (Lipinski definition) is 3. The lowest BCUT2D eigenvalue weighted by atomic mass is 9.86. The van der Waals surface area contributed by atoms with Gasteiger partial charge in [-0.2, -0.15) is 0 Å². The first kappa shape index (κ1) is 16.7. The number of nitrogens with zero attached hydrogens (tertiary/aromatic N) is 3. The van der Waals surface area contributed by atoms with Crippen LogP contribution in [0, 0.1) is 5.92 Å². The summed E-state index contributed by atoms with van der Waals surface area (Å²) < 4.78 is 3.18. The molecule has 1 saturated carbocycles. The Balaban J connectivity index is 1.86. The van der Waals surface area contributed by atoms with Crippen molar-refractivity contribution in [3.8, 4) is 0 Å². The molecule has 2 heterocycles. The summed E-state index contributed by atoms with van der Waals surface area (Å²) in [6, 6.07) is 3.86. The highest BCUT2D eigenvalue weighted by atomic mass is 16.2. The van der Waals surface area contributed by atoms with E-state index in [1.54, 1.807) is 16.8 Å². The fraction of sp³-hybridized carbons (Fsp3) is 0.611. The van der Waals surface area contributed by atoms with Crippen molar-refractivity contribution in [2.45, 2.75) is 65.1 Å². The quantitative estimate of drug-likeness (QED) is 0.936. The van der Waals surface area contributed by atoms with E-state index >= 15 is 0 Å². The fourth-order valence-electron chi connectivity index (χ4n) is 3.65. The predicted molar refractivity (Wildman–Crippen MR) is 93.9 cm³/mol. The van der Waals surface area contributed by atoms with Gasteiger partial charge >= 0.3 is 5.69 Å². The van der Waals surface area contributed by atoms with E-state index in [-0.39, 0.29) is 30.2 Å². The van der Waals surface area contributed by atoms with Crippen LogP contribution in [0.5, 0.6) is 0 Å². The van der Waals surface area contributed by atoms with Crippen LogP contribution in [-0.2, 0) is 11.3 Å². The van der Waals surface area contributed by atoms with Crippen molar-refractivity contribution in [2.75, 3.05) is 0 Å². The number of carbonyl (C=O) groups excluding carboxylic acids is 1. The molecule has 1 N–H and O–H groups in total. The molecule has 6 heteroatoms. The minimum Gasteiger partial charge on any atom is -0.352 e. The second kappa shape index (κ2) is 6.79. The lowest BCUT2D eigenvalue weighted by Gasteiger charge is -2.29. The van der Waals surface area contributed by atoms with Crippen molar-refractivity contribution in [1.82, 2.24) is 19.4 Å². The van der Waals surface area contributed by atoms with Gasteiger partial charge < -0.3 is 5.32 Å². The monoisotopic (exact) mass is 330 g/mol. The third-order valence-electron chi connectivity index (χ3n) is 5.00. The van der Waals surface area contributed by atoms with Crippen LogP contribution in [0.1, 0.15) is 52.5 Å². The molecule has 2 atom stereocenters. The summed E-state index contributed by atoms with van der Waals surface area (Å²) in [6.07, 6.45) is 6.25. The number of nitrogens with one attached hydrogen (secondary N) is 1. The highest BCUT2D eigenvalue weighted by molar-refractivity contribution is 5.79. The molecule has 130 valence electrons. The molecule has 1 aliphatic carbocycles. The van der Waals surface area contributed by atoms with Gasteiger partial charge in [-0.3, -0.25) is 13.9 Å². The first-order chi connectivity index (χ1) is 11.5. The van der Waals surface area contributed by atoms with Gasteiger partial charge in [-0.1, -0.05) is 19.8 Å². The molecule has 0 bridgehead atoms. The van der Waals surface area contributed by atoms with E-state index in [0.717, 1.165) is 19.3 Å². The zero-order chi connectivity index (χ0) is 17.3. The number of rotatable bonds is 4. The number of carbonyl (C=O) groups is 1. The summed E-state index contributed by atoms with van der Waals surface area (Å²) in [5, 5.41) is 3.12. The van der Waals surface area contributed by atoms with Crippen molar-refractivity contribution in [1.29, 1.82) is 0 Å². The number of hydrogen-bond donors (Lipinski definition) is 1. The van der Waals surface area contributed by atoms with E-state index < -0.39 is 0 Å². The summed E-state index contributed by atoms with van der Waals surface area (Å²) in [5.41, 5.74) is 1.17. The van der Waals surface area contributed by atoms with Crippen molar-refractivity contribution in [2.24, 2.45) is 5.92 Å². The van der Waals surface area contributed by atoms with Crippen LogP contribution in [0.15, 0.2) is 23.1 Å². The molecule has 0 spiro atoms. The minimum atomic E-state index is -0.175. The van der Waals surface area contributed by atoms with Crippen LogP contribution in [0.2, 0.25) is 0 Å². The van der Waals surface area contributed by atoms with Crippen molar-refractivity contribution < 1.29 is 4.79 Å². The molecule has 0 aliphatic heterocycles. The third-order valence-corrected chi connectivity index (χ3v) is 5.00. The van der Waals surface area contributed by atoms with Crippen LogP contribution < -0.4 is 11.0 Å². The Labute approximate surface area is 141 Å². The van der Waals surface area contributed by atoms with Gasteiger partial charge in [0.2, 0.25) is 5.91 Å². The molecule has 6 nitrogen and oxygen atoms in total. The van der Waals surface area contributed by atoms with Crippen molar-refractivity contribution in [3.63, 3.8) is 0 Å². The van der Waals surface area contributed by atoms with E-state index in [0.29, 0.717) is 17.1 Å². The Bertz CT molecular complexity index is 790. The predicted octanol–water partition coefficient (Wildman–Crippen LogP) is 2.47. The smallest absolute Gasteiger partial charge is 0.331 e. The summed E-state index contributed by atoms with van der Waals surface area (Å²) in [5.74, 6) is 0.403. The van der Waals surface area contributed by atoms with Crippen molar-refractivity contribution >= 4 is 17.1 Å². The molecule has 0 aromatic carbocycles. The topological polar surface area (TPSA) is 68.9 Å². The Morgan fingerprint density at radius 2 is 2.12 bits per heavy atom. The van der Waals surface area contributed by atoms with Gasteiger partial charge in [0.1, 0.15) is 6.54 Å². The second-order valence-electron chi connectivity index (χ2n) is 7.11. The van der Waals surface area contributed by atoms with E-state index in [2.05, 4.69) is 17.2 Å². The highest BCUT2D eigenvalue weighted by Gasteiger charge is 2.24. The van der Waals surface area contributed by atoms with Gasteiger partial charge in [-0.15, -0.1) is 0 Å². The minimum absolute atomic E-state index is 0.00224. The summed E-state index contributed by atoms with van der Waals surface area (Å²) >= 11 is 0. The Morgan fingerprint density at radius 3 is 2.83 bits per heavy atom. The van der Waals surface area contributed by atoms with Gasteiger partial charge in [0.25, 0.3) is 0 Å². The molecular weight excluding hydrogens is 304 g/mol. The molecule has 0 unspecified atom stereocenters. The lowest BCUT2D eigenvalue weighted by molar-refractivity contribution is -0.122. The maximum Gasteiger partial charge on any atom is 0.331 e. The van der Waals surface area contributed by atoms with Gasteiger partial charge in [-0.05, 0) is 44.7 Å². The number of amides is 1. The van der Waals surface area contributed by atoms with E-state index in [4.69, 9.17) is 0 Å². The summed E-state index contributed by atoms with van der Waals surface area (Å²) in [4.78, 5) is 29.6. The van der Waals surface area contributed by atoms with Crippen LogP contribution in [0.25, 0.3) is 11.2 Å². The molecule has 1 fully saturated rings. The largest absolute Gasteiger partial charge is 0.352 e. The Hall–Kier alpha value is -2.11. The van der Waals surface area contributed by atoms with Crippen LogP contribution in [-0.4, -0.2) is 26.1 Å². The molecule has 2 aromatic rings. The van der Waals surface area contributed by atoms with Gasteiger partial charge in [0, 0.05) is 18.3 Å². The molecule has 2 aromatic heterocycles. The van der Waals surface area contributed by atoms with Crippen LogP contribution in [0.3, 0.4) is 0 Å². The highest BCUT2D eigenvalue weighted by Crippen LogP contribution is 2.23. The van der Waals surface area contributed by atoms with Crippen LogP contribution in [0.4, 0.5) is 0 Å². The standard InChI is InChI=1S/C18H26N4O2/c1-12(2)22-17-15(9-6-10-19-17)21(18(22)24)11-16(23)20-14-8-5-4-7-13(14)3/h6,9-10,12-14H,4-5,7-8,11H2,1-3H3,(H,20,23)/t13-,14+/m0/s1. The molecule has 0 radical (unpaired) electrons. The fourth-order valence-corrected chi connectivity index (χ4v) is 3.65. The maximum atomic E-state index is 12.7. The summed E-state index contributed by atoms with van der Waals surface area (Å²) in [6.45, 7) is 6.13. The first-order valence-corrected chi connectivity index (χ1v) is 8.84. The van der Waals surface area contributed by atoms with Gasteiger partial charge in [-0.25, -0.2) is 9.78 Å². The number of aromatic nitrogens is 3. The number of pyridine rings is 1. The van der Waals surface area contributed by atoms with E-state index in [1.165, 1.54) is 11.0 Å². The molecule has 1 amide bonds. The van der Waals surface area contributed by atoms with Crippen LogP contribution >= 0.6 is 0 Å². The lowest BCUT2D eigenvalue weighted by Crippen LogP contribution is -2.43. The molecule has 0 saturated heterocycles. The third kappa shape index (κ3) is 3.09. The molecular formula is C18H26N4O2. The number of imidazole rings is 1. The Kier molecular flexibility index (Phi) is 4.73. The maximum absolute atomic E-state index is 12.7. The Morgan fingerprint density at radius 1 is 1.38 bits per heavy atom. The normalized spacial score (nSPS) is 21.3. The number of fused-ring (bicyclic) bond motifs is 1. The first-order valence-electron chi connectivity index (χ1n) is 8.84. The SMILES string of the molecule is CC(C)n1c(=O)n(CC(=O)N[C@@H]2CCCC[C@@H]2C)c2cccnc21. The zero-order valence-corrected chi connectivity index (χ0v) is 14.7. The molecule has 3 rings (SSSR count). The molecule has 1 aliphatic rings. The summed E-state index contributed by atoms with van der Waals surface area (Å²) in [7, 11) is 0. The average molecular weight is 330 g/mol. The average Bonchev–Trinajstić information content (AvgIpc) is 2.82. The van der Waals surface area contributed by atoms with Gasteiger partial charge in [0.15, 0.2) is 5.65 Å². The zero-order valence-electron chi connectivity index (χ0n) is 14.7. The van der Waals surface area contributed by atoms with E-state index in [1.807, 2.05) is 19.9 Å². The van der Waals surface area contributed by atoms with Crippen molar-refractivity contribution in [3.05, 3.63) is 28.8 Å². The molecule has 24 heavy (non-hydrogen) atoms. The van der Waals surface area contributed by atoms with Gasteiger partial charge in [0.05, 0.1) is 5.52 Å². The second-order valence-corrected chi connectivity index (χ2v) is 7.11.